The van der Waals surface area contributed by atoms with Crippen molar-refractivity contribution < 1.29 is 14.7 Å². The zero-order valence-electron chi connectivity index (χ0n) is 7.64. The predicted molar refractivity (Wildman–Crippen MR) is 48.8 cm³/mol. The molecule has 1 rings (SSSR count). The maximum absolute atomic E-state index is 10.8. The van der Waals surface area contributed by atoms with Crippen LogP contribution in [-0.2, 0) is 9.59 Å². The monoisotopic (exact) mass is 215 g/mol. The Hall–Kier alpha value is -1.50. The summed E-state index contributed by atoms with van der Waals surface area (Å²) in [7, 11) is 0. The van der Waals surface area contributed by atoms with Crippen LogP contribution in [0.25, 0.3) is 0 Å². The number of rotatable bonds is 2. The average Bonchev–Trinajstić information content (AvgIpc) is 2.51. The molecule has 0 saturated carbocycles. The molecule has 0 aliphatic rings. The van der Waals surface area contributed by atoms with Crippen molar-refractivity contribution in [2.24, 2.45) is 0 Å². The van der Waals surface area contributed by atoms with Crippen LogP contribution in [0.15, 0.2) is 0 Å². The summed E-state index contributed by atoms with van der Waals surface area (Å²) in [5.41, 5.74) is 0. The molecule has 0 aliphatic heterocycles. The minimum Gasteiger partial charge on any atom is -0.474 e. The fourth-order valence-electron chi connectivity index (χ4n) is 0.807. The number of nitrogens with one attached hydrogen (secondary N) is 1. The van der Waals surface area contributed by atoms with E-state index >= 15 is 0 Å². The van der Waals surface area contributed by atoms with E-state index in [1.807, 2.05) is 0 Å². The SMILES string of the molecule is Cc1nnc(C(C)NC(=O)C(=O)O)s1. The molecule has 1 aromatic rings. The molecule has 0 radical (unpaired) electrons. The Morgan fingerprint density at radius 2 is 2.14 bits per heavy atom. The number of amides is 1. The molecular weight excluding hydrogens is 206 g/mol. The molecule has 2 N–H and O–H groups in total. The quantitative estimate of drug-likeness (QED) is 0.683. The number of aliphatic carboxylic acids is 1. The van der Waals surface area contributed by atoms with Crippen molar-refractivity contribution in [3.05, 3.63) is 10.0 Å². The molecule has 76 valence electrons. The summed E-state index contributed by atoms with van der Waals surface area (Å²) < 4.78 is 0. The van der Waals surface area contributed by atoms with Gasteiger partial charge in [0.05, 0.1) is 6.04 Å². The fourth-order valence-corrected chi connectivity index (χ4v) is 1.51. The highest BCUT2D eigenvalue weighted by atomic mass is 32.1. The summed E-state index contributed by atoms with van der Waals surface area (Å²) >= 11 is 1.32. The largest absolute Gasteiger partial charge is 0.474 e. The van der Waals surface area contributed by atoms with Crippen molar-refractivity contribution >= 4 is 23.2 Å². The van der Waals surface area contributed by atoms with E-state index in [0.717, 1.165) is 5.01 Å². The van der Waals surface area contributed by atoms with Crippen molar-refractivity contribution in [3.8, 4) is 0 Å². The molecule has 7 heteroatoms. The van der Waals surface area contributed by atoms with Crippen LogP contribution in [0.4, 0.5) is 0 Å². The number of aryl methyl sites for hydroxylation is 1. The first-order chi connectivity index (χ1) is 6.50. The molecule has 1 heterocycles. The third-order valence-electron chi connectivity index (χ3n) is 1.45. The second kappa shape index (κ2) is 4.14. The lowest BCUT2D eigenvalue weighted by Crippen LogP contribution is -2.32. The molecule has 0 bridgehead atoms. The summed E-state index contributed by atoms with van der Waals surface area (Å²) in [6.45, 7) is 3.44. The molecule has 1 amide bonds. The molecule has 0 spiro atoms. The highest BCUT2D eigenvalue weighted by Gasteiger charge is 2.17. The van der Waals surface area contributed by atoms with Crippen molar-refractivity contribution in [2.75, 3.05) is 0 Å². The van der Waals surface area contributed by atoms with Crippen LogP contribution in [0.2, 0.25) is 0 Å². The Kier molecular flexibility index (Phi) is 3.13. The van der Waals surface area contributed by atoms with E-state index in [9.17, 15) is 9.59 Å². The second-order valence-electron chi connectivity index (χ2n) is 2.66. The molecule has 6 nitrogen and oxygen atoms in total. The predicted octanol–water partition coefficient (Wildman–Crippen LogP) is 0.108. The van der Waals surface area contributed by atoms with E-state index in [0.29, 0.717) is 5.01 Å². The molecular formula is C7H9N3O3S. The smallest absolute Gasteiger partial charge is 0.394 e. The maximum Gasteiger partial charge on any atom is 0.394 e. The lowest BCUT2D eigenvalue weighted by Gasteiger charge is -2.07. The molecule has 0 fully saturated rings. The van der Waals surface area contributed by atoms with E-state index in [2.05, 4.69) is 15.5 Å². The van der Waals surface area contributed by atoms with Crippen molar-refractivity contribution in [3.63, 3.8) is 0 Å². The molecule has 1 atom stereocenters. The van der Waals surface area contributed by atoms with Crippen LogP contribution in [0.3, 0.4) is 0 Å². The third-order valence-corrected chi connectivity index (χ3v) is 2.48. The molecule has 1 aromatic heterocycles. The van der Waals surface area contributed by atoms with Crippen LogP contribution < -0.4 is 5.32 Å². The first-order valence-electron chi connectivity index (χ1n) is 3.84. The Morgan fingerprint density at radius 3 is 2.57 bits per heavy atom. The van der Waals surface area contributed by atoms with Gasteiger partial charge < -0.3 is 10.4 Å². The third kappa shape index (κ3) is 2.49. The summed E-state index contributed by atoms with van der Waals surface area (Å²) in [5, 5.41) is 19.5. The van der Waals surface area contributed by atoms with Gasteiger partial charge in [-0.3, -0.25) is 4.79 Å². The molecule has 14 heavy (non-hydrogen) atoms. The number of nitrogens with zero attached hydrogens (tertiary/aromatic N) is 2. The van der Waals surface area contributed by atoms with Gasteiger partial charge in [0.15, 0.2) is 0 Å². The van der Waals surface area contributed by atoms with E-state index in [1.165, 1.54) is 11.3 Å². The van der Waals surface area contributed by atoms with Gasteiger partial charge in [0.25, 0.3) is 0 Å². The Labute approximate surface area is 84.0 Å². The number of hydrogen-bond donors (Lipinski definition) is 2. The van der Waals surface area contributed by atoms with E-state index in [1.54, 1.807) is 13.8 Å². The number of carbonyl (C=O) groups excluding carboxylic acids is 1. The highest BCUT2D eigenvalue weighted by Crippen LogP contribution is 2.16. The first-order valence-corrected chi connectivity index (χ1v) is 4.66. The summed E-state index contributed by atoms with van der Waals surface area (Å²) in [6.07, 6.45) is 0. The normalized spacial score (nSPS) is 12.1. The maximum atomic E-state index is 10.8. The summed E-state index contributed by atoms with van der Waals surface area (Å²) in [5.74, 6) is -2.54. The van der Waals surface area contributed by atoms with Gasteiger partial charge in [0, 0.05) is 0 Å². The number of carbonyl (C=O) groups is 2. The van der Waals surface area contributed by atoms with Crippen LogP contribution in [0, 0.1) is 6.92 Å². The van der Waals surface area contributed by atoms with E-state index in [-0.39, 0.29) is 0 Å². The van der Waals surface area contributed by atoms with Gasteiger partial charge in [-0.1, -0.05) is 11.3 Å². The lowest BCUT2D eigenvalue weighted by atomic mass is 10.3. The van der Waals surface area contributed by atoms with Gasteiger partial charge in [-0.2, -0.15) is 0 Å². The molecule has 0 aliphatic carbocycles. The zero-order valence-corrected chi connectivity index (χ0v) is 8.46. The molecule has 0 aromatic carbocycles. The number of carboxylic acids is 1. The van der Waals surface area contributed by atoms with E-state index < -0.39 is 17.9 Å². The first kappa shape index (κ1) is 10.6. The Balaban J connectivity index is 2.63. The van der Waals surface area contributed by atoms with Crippen LogP contribution >= 0.6 is 11.3 Å². The number of carboxylic acid groups (broad SMARTS) is 1. The van der Waals surface area contributed by atoms with Gasteiger partial charge in [-0.25, -0.2) is 4.79 Å². The minimum atomic E-state index is -1.50. The standard InChI is InChI=1S/C7H9N3O3S/c1-3(8-5(11)7(12)13)6-10-9-4(2)14-6/h3H,1-2H3,(H,8,11)(H,12,13). The average molecular weight is 215 g/mol. The van der Waals surface area contributed by atoms with Crippen molar-refractivity contribution in [1.29, 1.82) is 0 Å². The fraction of sp³-hybridized carbons (Fsp3) is 0.429. The van der Waals surface area contributed by atoms with Gasteiger partial charge in [0.2, 0.25) is 0 Å². The second-order valence-corrected chi connectivity index (χ2v) is 3.87. The molecule has 0 saturated heterocycles. The summed E-state index contributed by atoms with van der Waals surface area (Å²) in [4.78, 5) is 21.0. The number of aromatic nitrogens is 2. The van der Waals surface area contributed by atoms with Gasteiger partial charge in [-0.05, 0) is 13.8 Å². The minimum absolute atomic E-state index is 0.426. The zero-order chi connectivity index (χ0) is 10.7. The van der Waals surface area contributed by atoms with Crippen LogP contribution in [0.5, 0.6) is 0 Å². The number of hydrogen-bond acceptors (Lipinski definition) is 5. The van der Waals surface area contributed by atoms with Crippen LogP contribution in [0.1, 0.15) is 23.0 Å². The van der Waals surface area contributed by atoms with Gasteiger partial charge in [0.1, 0.15) is 10.0 Å². The Bertz CT molecular complexity index is 363. The van der Waals surface area contributed by atoms with Crippen LogP contribution in [-0.4, -0.2) is 27.2 Å². The van der Waals surface area contributed by atoms with Gasteiger partial charge >= 0.3 is 11.9 Å². The topological polar surface area (TPSA) is 92.2 Å². The Morgan fingerprint density at radius 1 is 1.50 bits per heavy atom. The lowest BCUT2D eigenvalue weighted by molar-refractivity contribution is -0.150. The van der Waals surface area contributed by atoms with Gasteiger partial charge in [-0.15, -0.1) is 10.2 Å². The van der Waals surface area contributed by atoms with Crippen molar-refractivity contribution in [1.82, 2.24) is 15.5 Å². The van der Waals surface area contributed by atoms with Crippen molar-refractivity contribution in [2.45, 2.75) is 19.9 Å². The highest BCUT2D eigenvalue weighted by molar-refractivity contribution is 7.11. The summed E-state index contributed by atoms with van der Waals surface area (Å²) in [6, 6.07) is -0.426. The molecule has 1 unspecified atom stereocenters. The van der Waals surface area contributed by atoms with E-state index in [4.69, 9.17) is 5.11 Å².